The minimum atomic E-state index is -1.10. The number of aryl methyl sites for hydroxylation is 1. The van der Waals surface area contributed by atoms with Gasteiger partial charge in [-0.2, -0.15) is 4.98 Å². The molecule has 1 saturated heterocycles. The molecule has 0 bridgehead atoms. The van der Waals surface area contributed by atoms with Gasteiger partial charge in [0.1, 0.15) is 17.1 Å². The molecule has 1 aliphatic rings. The van der Waals surface area contributed by atoms with Crippen LogP contribution in [0.25, 0.3) is 27.8 Å². The molecule has 0 radical (unpaired) electrons. The summed E-state index contributed by atoms with van der Waals surface area (Å²) in [7, 11) is 5.11. The average molecular weight is 666 g/mol. The number of nitrogens with one attached hydrogen (secondary N) is 2. The van der Waals surface area contributed by atoms with Gasteiger partial charge in [-0.15, -0.1) is 0 Å². The van der Waals surface area contributed by atoms with Crippen molar-refractivity contribution >= 4 is 68.8 Å². The molecule has 0 unspecified atom stereocenters. The highest BCUT2D eigenvalue weighted by atomic mass is 35.5. The number of hydrogen-bond acceptors (Lipinski definition) is 9. The molecule has 11 nitrogen and oxygen atoms in total. The van der Waals surface area contributed by atoms with Crippen molar-refractivity contribution in [2.24, 2.45) is 0 Å². The zero-order valence-electron chi connectivity index (χ0n) is 25.6. The van der Waals surface area contributed by atoms with Crippen LogP contribution in [0.3, 0.4) is 0 Å². The van der Waals surface area contributed by atoms with E-state index >= 15 is 0 Å². The maximum atomic E-state index is 13.7. The Bertz CT molecular complexity index is 1980. The highest BCUT2D eigenvalue weighted by Crippen LogP contribution is 2.47. The van der Waals surface area contributed by atoms with Gasteiger partial charge in [-0.1, -0.05) is 29.8 Å². The van der Waals surface area contributed by atoms with Crippen LogP contribution >= 0.6 is 23.2 Å². The quantitative estimate of drug-likeness (QED) is 0.180. The van der Waals surface area contributed by atoms with E-state index < -0.39 is 11.7 Å². The van der Waals surface area contributed by atoms with Gasteiger partial charge in [0.15, 0.2) is 11.5 Å². The van der Waals surface area contributed by atoms with Crippen LogP contribution in [0.15, 0.2) is 55.1 Å². The molecule has 1 aliphatic heterocycles. The highest BCUT2D eigenvalue weighted by molar-refractivity contribution is 6.41. The van der Waals surface area contributed by atoms with Crippen molar-refractivity contribution in [3.63, 3.8) is 0 Å². The van der Waals surface area contributed by atoms with E-state index in [4.69, 9.17) is 42.6 Å². The number of amides is 1. The molecule has 1 fully saturated rings. The molecule has 6 rings (SSSR count). The largest absolute Gasteiger partial charge is 0.495 e. The van der Waals surface area contributed by atoms with E-state index in [0.29, 0.717) is 60.7 Å². The lowest BCUT2D eigenvalue weighted by molar-refractivity contribution is -0.114. The lowest BCUT2D eigenvalue weighted by Crippen LogP contribution is -2.44. The zero-order valence-corrected chi connectivity index (χ0v) is 27.1. The van der Waals surface area contributed by atoms with Crippen LogP contribution in [0.1, 0.15) is 5.69 Å². The number of nitrogens with zero attached hydrogens (tertiary/aromatic N) is 6. The number of carbonyl (C=O) groups is 1. The molecule has 0 saturated carbocycles. The van der Waals surface area contributed by atoms with Gasteiger partial charge in [0.25, 0.3) is 5.91 Å². The molecular formula is C32H31Cl2FN8O3. The van der Waals surface area contributed by atoms with Gasteiger partial charge in [0.05, 0.1) is 41.3 Å². The minimum Gasteiger partial charge on any atom is -0.495 e. The predicted octanol–water partition coefficient (Wildman–Crippen LogP) is 6.49. The summed E-state index contributed by atoms with van der Waals surface area (Å²) in [5, 5.41) is 7.09. The summed E-state index contributed by atoms with van der Waals surface area (Å²) in [5.74, 6) is -0.997. The molecule has 2 N–H and O–H groups in total. The van der Waals surface area contributed by atoms with E-state index in [9.17, 15) is 9.18 Å². The number of hydrogen-bond donors (Lipinski definition) is 2. The number of anilines is 4. The van der Waals surface area contributed by atoms with E-state index in [1.165, 1.54) is 14.2 Å². The van der Waals surface area contributed by atoms with E-state index in [2.05, 4.69) is 39.0 Å². The first-order valence-corrected chi connectivity index (χ1v) is 15.1. The van der Waals surface area contributed by atoms with Crippen LogP contribution in [0.5, 0.6) is 11.5 Å². The van der Waals surface area contributed by atoms with Crippen LogP contribution in [0, 0.1) is 6.92 Å². The maximum absolute atomic E-state index is 13.7. The number of carbonyl (C=O) groups excluding carboxylic acids is 1. The number of benzene rings is 2. The average Bonchev–Trinajstić information content (AvgIpc) is 3.44. The Balaban J connectivity index is 1.43. The van der Waals surface area contributed by atoms with Gasteiger partial charge in [-0.05, 0) is 38.2 Å². The Morgan fingerprint density at radius 2 is 1.67 bits per heavy atom. The molecule has 0 aliphatic carbocycles. The molecule has 0 atom stereocenters. The van der Waals surface area contributed by atoms with Crippen molar-refractivity contribution in [2.75, 3.05) is 63.0 Å². The molecule has 2 aromatic carbocycles. The summed E-state index contributed by atoms with van der Waals surface area (Å²) in [6.45, 7) is 8.45. The number of imidazole rings is 1. The molecular weight excluding hydrogens is 634 g/mol. The summed E-state index contributed by atoms with van der Waals surface area (Å²) >= 11 is 13.6. The second-order valence-corrected chi connectivity index (χ2v) is 11.7. The zero-order chi connectivity index (χ0) is 32.7. The van der Waals surface area contributed by atoms with E-state index in [1.54, 1.807) is 24.4 Å². The second-order valence-electron chi connectivity index (χ2n) is 10.9. The summed E-state index contributed by atoms with van der Waals surface area (Å²) in [6, 6.07) is 9.03. The van der Waals surface area contributed by atoms with Gasteiger partial charge in [-0.25, -0.2) is 14.4 Å². The van der Waals surface area contributed by atoms with Crippen molar-refractivity contribution in [3.05, 3.63) is 70.9 Å². The SMILES string of the molecule is C=C(F)C(=O)Nc1cc(N2CCN(C)CC2)ccc1Nc1ncc2cc(-c3c(Cl)c(OC)cc(OC)c3Cl)c3nc(C)cn3c2n1. The van der Waals surface area contributed by atoms with Gasteiger partial charge >= 0.3 is 0 Å². The first-order valence-electron chi connectivity index (χ1n) is 14.3. The van der Waals surface area contributed by atoms with Gasteiger partial charge < -0.3 is 29.9 Å². The number of fused-ring (bicyclic) bond motifs is 3. The highest BCUT2D eigenvalue weighted by Gasteiger charge is 2.23. The molecule has 14 heteroatoms. The lowest BCUT2D eigenvalue weighted by Gasteiger charge is -2.34. The lowest BCUT2D eigenvalue weighted by atomic mass is 10.0. The number of piperazine rings is 1. The van der Waals surface area contributed by atoms with Crippen molar-refractivity contribution in [1.82, 2.24) is 24.3 Å². The fraction of sp³-hybridized carbons (Fsp3) is 0.250. The minimum absolute atomic E-state index is 0.244. The summed E-state index contributed by atoms with van der Waals surface area (Å²) in [4.78, 5) is 30.9. The molecule has 3 aromatic heterocycles. The smallest absolute Gasteiger partial charge is 0.283 e. The number of likely N-dealkylation sites (N-methyl/N-ethyl adjacent to an activating group) is 1. The van der Waals surface area contributed by atoms with Gasteiger partial charge in [0, 0.05) is 66.8 Å². The Hall–Kier alpha value is -4.65. The topological polar surface area (TPSA) is 109 Å². The van der Waals surface area contributed by atoms with Crippen molar-refractivity contribution in [1.29, 1.82) is 0 Å². The van der Waals surface area contributed by atoms with E-state index in [-0.39, 0.29) is 5.95 Å². The van der Waals surface area contributed by atoms with Crippen molar-refractivity contribution in [3.8, 4) is 22.6 Å². The third kappa shape index (κ3) is 5.86. The van der Waals surface area contributed by atoms with Gasteiger partial charge in [0.2, 0.25) is 5.95 Å². The second kappa shape index (κ2) is 12.6. The predicted molar refractivity (Wildman–Crippen MR) is 180 cm³/mol. The Morgan fingerprint density at radius 3 is 2.33 bits per heavy atom. The molecule has 1 amide bonds. The van der Waals surface area contributed by atoms with Crippen LogP contribution in [-0.4, -0.2) is 77.6 Å². The molecule has 238 valence electrons. The number of pyridine rings is 1. The normalized spacial score (nSPS) is 13.7. The molecule has 4 heterocycles. The third-order valence-corrected chi connectivity index (χ3v) is 8.60. The first kappa shape index (κ1) is 31.3. The Kier molecular flexibility index (Phi) is 8.60. The fourth-order valence-corrected chi connectivity index (χ4v) is 6.13. The van der Waals surface area contributed by atoms with Crippen LogP contribution in [0.2, 0.25) is 10.0 Å². The first-order chi connectivity index (χ1) is 22.1. The summed E-state index contributed by atoms with van der Waals surface area (Å²) in [5.41, 5.74) is 4.70. The summed E-state index contributed by atoms with van der Waals surface area (Å²) in [6.07, 6.45) is 3.50. The summed E-state index contributed by atoms with van der Waals surface area (Å²) < 4.78 is 26.6. The number of halogens is 3. The monoisotopic (exact) mass is 664 g/mol. The van der Waals surface area contributed by atoms with Crippen LogP contribution < -0.4 is 25.0 Å². The van der Waals surface area contributed by atoms with Crippen molar-refractivity contribution in [2.45, 2.75) is 6.92 Å². The van der Waals surface area contributed by atoms with E-state index in [0.717, 1.165) is 37.6 Å². The molecule has 0 spiro atoms. The van der Waals surface area contributed by atoms with Crippen LogP contribution in [0.4, 0.5) is 27.4 Å². The standard InChI is InChI=1S/C32H31Cl2FN8O3/c1-17-16-43-29-19(12-21(30(43)37-17)26-27(33)24(45-4)14-25(46-5)28(26)34)15-36-32(40-29)39-22-7-6-20(42-10-8-41(3)9-11-42)13-23(22)38-31(44)18(2)35/h6-7,12-16H,2,8-11H2,1,3-5H3,(H,38,44)(H,36,39,40). The van der Waals surface area contributed by atoms with Crippen LogP contribution in [-0.2, 0) is 4.79 Å². The number of ether oxygens (including phenoxy) is 2. The number of aromatic nitrogens is 4. The third-order valence-electron chi connectivity index (χ3n) is 7.85. The van der Waals surface area contributed by atoms with E-state index in [1.807, 2.05) is 29.7 Å². The Morgan fingerprint density at radius 1 is 0.978 bits per heavy atom. The molecule has 5 aromatic rings. The Labute approximate surface area is 274 Å². The number of rotatable bonds is 8. The maximum Gasteiger partial charge on any atom is 0.283 e. The van der Waals surface area contributed by atoms with Gasteiger partial charge in [-0.3, -0.25) is 9.20 Å². The van der Waals surface area contributed by atoms with Crippen molar-refractivity contribution < 1.29 is 18.7 Å². The fourth-order valence-electron chi connectivity index (χ4n) is 5.43. The number of methoxy groups -OCH3 is 2. The molecule has 46 heavy (non-hydrogen) atoms.